The van der Waals surface area contributed by atoms with E-state index in [1.807, 2.05) is 0 Å². The van der Waals surface area contributed by atoms with Gasteiger partial charge in [-0.15, -0.1) is 0 Å². The molecule has 6 heteroatoms. The van der Waals surface area contributed by atoms with Crippen molar-refractivity contribution < 1.29 is 14.2 Å². The number of anilines is 1. The Kier molecular flexibility index (Phi) is 4.58. The van der Waals surface area contributed by atoms with E-state index in [4.69, 9.17) is 14.2 Å². The van der Waals surface area contributed by atoms with Crippen LogP contribution in [-0.2, 0) is 4.74 Å². The van der Waals surface area contributed by atoms with E-state index in [9.17, 15) is 0 Å². The summed E-state index contributed by atoms with van der Waals surface area (Å²) >= 11 is 0. The maximum atomic E-state index is 5.33. The summed E-state index contributed by atoms with van der Waals surface area (Å²) in [4.78, 5) is 8.46. The predicted molar refractivity (Wildman–Crippen MR) is 67.2 cm³/mol. The highest BCUT2D eigenvalue weighted by Gasteiger charge is 2.14. The fourth-order valence-corrected chi connectivity index (χ4v) is 1.88. The van der Waals surface area contributed by atoms with Crippen LogP contribution in [0.4, 0.5) is 5.95 Å². The molecule has 0 unspecified atom stereocenters. The van der Waals surface area contributed by atoms with Crippen molar-refractivity contribution in [3.05, 3.63) is 6.07 Å². The van der Waals surface area contributed by atoms with Crippen molar-refractivity contribution in [1.29, 1.82) is 0 Å². The molecular formula is C12H19N3O3. The lowest BCUT2D eigenvalue weighted by Crippen LogP contribution is -2.23. The van der Waals surface area contributed by atoms with Gasteiger partial charge in [-0.05, 0) is 18.8 Å². The molecular weight excluding hydrogens is 234 g/mol. The SMILES string of the molecule is COc1cc(OC)nc(NCC2CCOCC2)n1. The highest BCUT2D eigenvalue weighted by Crippen LogP contribution is 2.19. The summed E-state index contributed by atoms with van der Waals surface area (Å²) < 4.78 is 15.5. The molecule has 0 spiro atoms. The highest BCUT2D eigenvalue weighted by molar-refractivity contribution is 5.33. The average Bonchev–Trinajstić information content (AvgIpc) is 2.45. The van der Waals surface area contributed by atoms with Crippen LogP contribution in [0.15, 0.2) is 6.07 Å². The van der Waals surface area contributed by atoms with E-state index < -0.39 is 0 Å². The molecule has 2 heterocycles. The topological polar surface area (TPSA) is 65.5 Å². The van der Waals surface area contributed by atoms with Crippen LogP contribution in [-0.4, -0.2) is 43.9 Å². The van der Waals surface area contributed by atoms with Gasteiger partial charge >= 0.3 is 0 Å². The maximum Gasteiger partial charge on any atom is 0.229 e. The summed E-state index contributed by atoms with van der Waals surface area (Å²) in [7, 11) is 3.15. The van der Waals surface area contributed by atoms with Crippen molar-refractivity contribution in [2.45, 2.75) is 12.8 Å². The van der Waals surface area contributed by atoms with Crippen molar-refractivity contribution >= 4 is 5.95 Å². The molecule has 0 saturated carbocycles. The van der Waals surface area contributed by atoms with Gasteiger partial charge < -0.3 is 19.5 Å². The molecule has 100 valence electrons. The molecule has 1 N–H and O–H groups in total. The molecule has 1 saturated heterocycles. The lowest BCUT2D eigenvalue weighted by Gasteiger charge is -2.22. The molecule has 0 aromatic carbocycles. The van der Waals surface area contributed by atoms with Crippen LogP contribution < -0.4 is 14.8 Å². The molecule has 0 atom stereocenters. The maximum absolute atomic E-state index is 5.33. The normalized spacial score (nSPS) is 16.3. The molecule has 0 amide bonds. The third kappa shape index (κ3) is 3.46. The van der Waals surface area contributed by atoms with Gasteiger partial charge in [0.15, 0.2) is 0 Å². The van der Waals surface area contributed by atoms with Crippen molar-refractivity contribution in [3.63, 3.8) is 0 Å². The zero-order valence-electron chi connectivity index (χ0n) is 10.8. The number of ether oxygens (including phenoxy) is 3. The van der Waals surface area contributed by atoms with E-state index in [1.165, 1.54) is 0 Å². The van der Waals surface area contributed by atoms with Crippen LogP contribution in [0.25, 0.3) is 0 Å². The molecule has 1 aliphatic heterocycles. The third-order valence-electron chi connectivity index (χ3n) is 2.99. The molecule has 6 nitrogen and oxygen atoms in total. The van der Waals surface area contributed by atoms with E-state index in [0.29, 0.717) is 23.6 Å². The summed E-state index contributed by atoms with van der Waals surface area (Å²) in [6, 6.07) is 1.65. The number of nitrogens with one attached hydrogen (secondary N) is 1. The average molecular weight is 253 g/mol. The molecule has 0 aliphatic carbocycles. The number of methoxy groups -OCH3 is 2. The molecule has 1 aliphatic rings. The molecule has 1 fully saturated rings. The van der Waals surface area contributed by atoms with Gasteiger partial charge in [0, 0.05) is 19.8 Å². The first kappa shape index (κ1) is 12.9. The van der Waals surface area contributed by atoms with E-state index in [1.54, 1.807) is 20.3 Å². The van der Waals surface area contributed by atoms with Crippen LogP contribution in [0.2, 0.25) is 0 Å². The minimum atomic E-state index is 0.497. The van der Waals surface area contributed by atoms with Crippen molar-refractivity contribution in [3.8, 4) is 11.8 Å². The largest absolute Gasteiger partial charge is 0.481 e. The molecule has 0 radical (unpaired) electrons. The van der Waals surface area contributed by atoms with Crippen molar-refractivity contribution in [2.24, 2.45) is 5.92 Å². The fraction of sp³-hybridized carbons (Fsp3) is 0.667. The lowest BCUT2D eigenvalue weighted by atomic mass is 10.0. The van der Waals surface area contributed by atoms with Gasteiger partial charge in [0.25, 0.3) is 0 Å². The number of hydrogen-bond acceptors (Lipinski definition) is 6. The van der Waals surface area contributed by atoms with Crippen LogP contribution in [0.1, 0.15) is 12.8 Å². The monoisotopic (exact) mass is 253 g/mol. The Hall–Kier alpha value is -1.56. The summed E-state index contributed by atoms with van der Waals surface area (Å²) in [6.45, 7) is 2.53. The summed E-state index contributed by atoms with van der Waals surface area (Å²) in [5.41, 5.74) is 0. The molecule has 1 aromatic heterocycles. The Morgan fingerprint density at radius 2 is 1.83 bits per heavy atom. The second-order valence-corrected chi connectivity index (χ2v) is 4.21. The molecule has 0 bridgehead atoms. The first-order valence-corrected chi connectivity index (χ1v) is 6.10. The Morgan fingerprint density at radius 1 is 1.22 bits per heavy atom. The van der Waals surface area contributed by atoms with Gasteiger partial charge in [0.1, 0.15) is 0 Å². The number of aromatic nitrogens is 2. The highest BCUT2D eigenvalue weighted by atomic mass is 16.5. The Bertz CT molecular complexity index is 359. The number of hydrogen-bond donors (Lipinski definition) is 1. The Balaban J connectivity index is 1.94. The van der Waals surface area contributed by atoms with Gasteiger partial charge in [0.05, 0.1) is 20.3 Å². The predicted octanol–water partition coefficient (Wildman–Crippen LogP) is 1.33. The molecule has 1 aromatic rings. The first-order valence-electron chi connectivity index (χ1n) is 6.10. The minimum absolute atomic E-state index is 0.497. The van der Waals surface area contributed by atoms with Crippen LogP contribution in [0.5, 0.6) is 11.8 Å². The number of nitrogens with zero attached hydrogens (tertiary/aromatic N) is 2. The van der Waals surface area contributed by atoms with Crippen molar-refractivity contribution in [2.75, 3.05) is 39.3 Å². The summed E-state index contributed by atoms with van der Waals surface area (Å²) in [6.07, 6.45) is 2.15. The third-order valence-corrected chi connectivity index (χ3v) is 2.99. The molecule has 2 rings (SSSR count). The van der Waals surface area contributed by atoms with Crippen molar-refractivity contribution in [1.82, 2.24) is 9.97 Å². The van der Waals surface area contributed by atoms with E-state index in [-0.39, 0.29) is 0 Å². The smallest absolute Gasteiger partial charge is 0.229 e. The van der Waals surface area contributed by atoms with Crippen LogP contribution in [0, 0.1) is 5.92 Å². The number of rotatable bonds is 5. The zero-order valence-corrected chi connectivity index (χ0v) is 10.8. The van der Waals surface area contributed by atoms with Gasteiger partial charge in [-0.2, -0.15) is 9.97 Å². The van der Waals surface area contributed by atoms with E-state index >= 15 is 0 Å². The quantitative estimate of drug-likeness (QED) is 0.854. The van der Waals surface area contributed by atoms with E-state index in [2.05, 4.69) is 15.3 Å². The van der Waals surface area contributed by atoms with E-state index in [0.717, 1.165) is 32.6 Å². The van der Waals surface area contributed by atoms with Crippen LogP contribution >= 0.6 is 0 Å². The Morgan fingerprint density at radius 3 is 2.39 bits per heavy atom. The minimum Gasteiger partial charge on any atom is -0.481 e. The van der Waals surface area contributed by atoms with Gasteiger partial charge in [-0.3, -0.25) is 0 Å². The standard InChI is InChI=1S/C12H19N3O3/c1-16-10-7-11(17-2)15-12(14-10)13-8-9-3-5-18-6-4-9/h7,9H,3-6,8H2,1-2H3,(H,13,14,15). The zero-order chi connectivity index (χ0) is 12.8. The van der Waals surface area contributed by atoms with Gasteiger partial charge in [-0.25, -0.2) is 0 Å². The van der Waals surface area contributed by atoms with Gasteiger partial charge in [0.2, 0.25) is 17.7 Å². The fourth-order valence-electron chi connectivity index (χ4n) is 1.88. The summed E-state index contributed by atoms with van der Waals surface area (Å²) in [5.74, 6) is 2.14. The van der Waals surface area contributed by atoms with Gasteiger partial charge in [-0.1, -0.05) is 0 Å². The second-order valence-electron chi connectivity index (χ2n) is 4.21. The second kappa shape index (κ2) is 6.39. The molecule has 18 heavy (non-hydrogen) atoms. The Labute approximate surface area is 107 Å². The van der Waals surface area contributed by atoms with Crippen LogP contribution in [0.3, 0.4) is 0 Å². The summed E-state index contributed by atoms with van der Waals surface area (Å²) in [5, 5.41) is 3.23. The first-order chi connectivity index (χ1) is 8.81. The lowest BCUT2D eigenvalue weighted by molar-refractivity contribution is 0.0699.